The highest BCUT2D eigenvalue weighted by Gasteiger charge is 2.40. The first-order chi connectivity index (χ1) is 9.00. The lowest BCUT2D eigenvalue weighted by Crippen LogP contribution is -2.39. The van der Waals surface area contributed by atoms with Crippen LogP contribution in [0, 0.1) is 5.41 Å². The molecular formula is C14H19BrN2O2. The molecule has 4 nitrogen and oxygen atoms in total. The Bertz CT molecular complexity index is 492. The van der Waals surface area contributed by atoms with Crippen molar-refractivity contribution in [2.75, 3.05) is 25.0 Å². The zero-order valence-electron chi connectivity index (χ0n) is 11.2. The summed E-state index contributed by atoms with van der Waals surface area (Å²) in [4.78, 5) is 14.1. The number of rotatable bonds is 3. The van der Waals surface area contributed by atoms with E-state index < -0.39 is 0 Å². The summed E-state index contributed by atoms with van der Waals surface area (Å²) < 4.78 is 0.959. The number of nitrogens with one attached hydrogen (secondary N) is 1. The van der Waals surface area contributed by atoms with Crippen molar-refractivity contribution in [3.8, 4) is 0 Å². The fourth-order valence-electron chi connectivity index (χ4n) is 2.56. The van der Waals surface area contributed by atoms with Gasteiger partial charge in [0.25, 0.3) is 0 Å². The third-order valence-corrected chi connectivity index (χ3v) is 4.42. The van der Waals surface area contributed by atoms with Crippen LogP contribution in [0.5, 0.6) is 0 Å². The predicted molar refractivity (Wildman–Crippen MR) is 79.1 cm³/mol. The van der Waals surface area contributed by atoms with Gasteiger partial charge in [0.2, 0.25) is 5.91 Å². The number of benzene rings is 1. The Hall–Kier alpha value is -1.07. The molecule has 0 bridgehead atoms. The third kappa shape index (κ3) is 2.77. The van der Waals surface area contributed by atoms with Crippen molar-refractivity contribution in [2.45, 2.75) is 20.0 Å². The molecule has 1 unspecified atom stereocenters. The summed E-state index contributed by atoms with van der Waals surface area (Å²) in [6.45, 7) is 3.61. The van der Waals surface area contributed by atoms with Crippen molar-refractivity contribution >= 4 is 27.5 Å². The van der Waals surface area contributed by atoms with Gasteiger partial charge >= 0.3 is 0 Å². The summed E-state index contributed by atoms with van der Waals surface area (Å²) in [6.07, 6.45) is 0.848. The molecule has 1 aromatic rings. The number of carbonyl (C=O) groups excluding carboxylic acids is 1. The number of aliphatic hydroxyl groups is 1. The molecule has 104 valence electrons. The number of hydrogen-bond acceptors (Lipinski definition) is 3. The van der Waals surface area contributed by atoms with Crippen molar-refractivity contribution in [3.63, 3.8) is 0 Å². The standard InChI is InChI=1S/C14H19BrN2O2/c1-14(13(19)16-2)5-6-17(9-14)12-4-3-10(8-18)7-11(12)15/h3-4,7,18H,5-6,8-9H2,1-2H3,(H,16,19). The fraction of sp³-hybridized carbons (Fsp3) is 0.500. The largest absolute Gasteiger partial charge is 0.392 e. The maximum absolute atomic E-state index is 11.9. The van der Waals surface area contributed by atoms with Crippen LogP contribution in [0.4, 0.5) is 5.69 Å². The maximum Gasteiger partial charge on any atom is 0.227 e. The number of carbonyl (C=O) groups is 1. The second kappa shape index (κ2) is 5.51. The molecule has 1 atom stereocenters. The normalized spacial score (nSPS) is 22.6. The van der Waals surface area contributed by atoms with Crippen LogP contribution in [0.25, 0.3) is 0 Å². The van der Waals surface area contributed by atoms with Crippen molar-refractivity contribution in [1.29, 1.82) is 0 Å². The van der Waals surface area contributed by atoms with Crippen molar-refractivity contribution in [3.05, 3.63) is 28.2 Å². The van der Waals surface area contributed by atoms with E-state index in [0.29, 0.717) is 6.54 Å². The smallest absolute Gasteiger partial charge is 0.227 e. The van der Waals surface area contributed by atoms with Crippen molar-refractivity contribution < 1.29 is 9.90 Å². The monoisotopic (exact) mass is 326 g/mol. The maximum atomic E-state index is 11.9. The number of nitrogens with zero attached hydrogens (tertiary/aromatic N) is 1. The molecule has 0 spiro atoms. The molecule has 0 aromatic heterocycles. The van der Waals surface area contributed by atoms with Crippen LogP contribution in [0.2, 0.25) is 0 Å². The average molecular weight is 327 g/mol. The van der Waals surface area contributed by atoms with Gasteiger partial charge in [-0.2, -0.15) is 0 Å². The molecule has 0 saturated carbocycles. The molecule has 2 N–H and O–H groups in total. The fourth-order valence-corrected chi connectivity index (χ4v) is 3.24. The zero-order chi connectivity index (χ0) is 14.0. The Kier molecular flexibility index (Phi) is 4.16. The molecule has 1 aromatic carbocycles. The second-order valence-electron chi connectivity index (χ2n) is 5.26. The van der Waals surface area contributed by atoms with E-state index in [4.69, 9.17) is 5.11 Å². The number of amides is 1. The van der Waals surface area contributed by atoms with E-state index in [0.717, 1.165) is 28.7 Å². The molecule has 2 rings (SSSR count). The number of hydrogen-bond donors (Lipinski definition) is 2. The molecule has 1 aliphatic heterocycles. The first kappa shape index (κ1) is 14.3. The zero-order valence-corrected chi connectivity index (χ0v) is 12.8. The first-order valence-corrected chi connectivity index (χ1v) is 7.16. The first-order valence-electron chi connectivity index (χ1n) is 6.36. The van der Waals surface area contributed by atoms with Crippen LogP contribution >= 0.6 is 15.9 Å². The predicted octanol–water partition coefficient (Wildman–Crippen LogP) is 1.90. The lowest BCUT2D eigenvalue weighted by Gasteiger charge is -2.24. The highest BCUT2D eigenvalue weighted by Crippen LogP contribution is 2.36. The van der Waals surface area contributed by atoms with E-state index in [2.05, 4.69) is 26.1 Å². The van der Waals surface area contributed by atoms with Gasteiger partial charge in [-0.15, -0.1) is 0 Å². The number of halogens is 1. The summed E-state index contributed by atoms with van der Waals surface area (Å²) in [7, 11) is 1.68. The van der Waals surface area contributed by atoms with E-state index in [-0.39, 0.29) is 17.9 Å². The Morgan fingerprint density at radius 2 is 2.32 bits per heavy atom. The summed E-state index contributed by atoms with van der Waals surface area (Å²) in [5.74, 6) is 0.0955. The quantitative estimate of drug-likeness (QED) is 0.892. The molecule has 0 aliphatic carbocycles. The topological polar surface area (TPSA) is 52.6 Å². The molecule has 5 heteroatoms. The molecule has 1 saturated heterocycles. The van der Waals surface area contributed by atoms with Crippen LogP contribution in [0.15, 0.2) is 22.7 Å². The molecule has 19 heavy (non-hydrogen) atoms. The Labute approximate surface area is 121 Å². The van der Waals surface area contributed by atoms with Crippen LogP contribution < -0.4 is 10.2 Å². The summed E-state index contributed by atoms with van der Waals surface area (Å²) in [5.41, 5.74) is 1.62. The molecule has 1 aliphatic rings. The number of aliphatic hydroxyl groups excluding tert-OH is 1. The minimum absolute atomic E-state index is 0.0365. The van der Waals surface area contributed by atoms with Crippen molar-refractivity contribution in [2.24, 2.45) is 5.41 Å². The highest BCUT2D eigenvalue weighted by atomic mass is 79.9. The lowest BCUT2D eigenvalue weighted by molar-refractivity contribution is -0.128. The average Bonchev–Trinajstić information content (AvgIpc) is 2.81. The van der Waals surface area contributed by atoms with Crippen LogP contribution in [-0.2, 0) is 11.4 Å². The molecule has 1 amide bonds. The van der Waals surface area contributed by atoms with Gasteiger partial charge in [0.05, 0.1) is 17.7 Å². The van der Waals surface area contributed by atoms with Gasteiger partial charge < -0.3 is 15.3 Å². The minimum atomic E-state index is -0.330. The Balaban J connectivity index is 2.19. The van der Waals surface area contributed by atoms with E-state index in [1.807, 2.05) is 25.1 Å². The second-order valence-corrected chi connectivity index (χ2v) is 6.11. The van der Waals surface area contributed by atoms with Gasteiger partial charge in [-0.05, 0) is 47.0 Å². The molecular weight excluding hydrogens is 308 g/mol. The van der Waals surface area contributed by atoms with E-state index >= 15 is 0 Å². The number of anilines is 1. The van der Waals surface area contributed by atoms with Crippen LogP contribution in [0.3, 0.4) is 0 Å². The third-order valence-electron chi connectivity index (χ3n) is 3.78. The van der Waals surface area contributed by atoms with Gasteiger partial charge in [-0.25, -0.2) is 0 Å². The SMILES string of the molecule is CNC(=O)C1(C)CCN(c2ccc(CO)cc2Br)C1. The molecule has 1 heterocycles. The van der Waals surface area contributed by atoms with E-state index in [1.54, 1.807) is 7.05 Å². The molecule has 0 radical (unpaired) electrons. The van der Waals surface area contributed by atoms with Gasteiger partial charge in [0.15, 0.2) is 0 Å². The van der Waals surface area contributed by atoms with Crippen LogP contribution in [0.1, 0.15) is 18.9 Å². The Morgan fingerprint density at radius 3 is 2.89 bits per heavy atom. The van der Waals surface area contributed by atoms with Gasteiger partial charge in [0, 0.05) is 24.6 Å². The summed E-state index contributed by atoms with van der Waals surface area (Å²) in [6, 6.07) is 5.83. The van der Waals surface area contributed by atoms with Gasteiger partial charge in [0.1, 0.15) is 0 Å². The van der Waals surface area contributed by atoms with E-state index in [9.17, 15) is 4.79 Å². The van der Waals surface area contributed by atoms with Gasteiger partial charge in [-0.1, -0.05) is 6.07 Å². The Morgan fingerprint density at radius 1 is 1.58 bits per heavy atom. The summed E-state index contributed by atoms with van der Waals surface area (Å²) >= 11 is 3.54. The highest BCUT2D eigenvalue weighted by molar-refractivity contribution is 9.10. The van der Waals surface area contributed by atoms with Crippen molar-refractivity contribution in [1.82, 2.24) is 5.32 Å². The molecule has 1 fully saturated rings. The van der Waals surface area contributed by atoms with Crippen LogP contribution in [-0.4, -0.2) is 31.2 Å². The van der Waals surface area contributed by atoms with E-state index in [1.165, 1.54) is 0 Å². The minimum Gasteiger partial charge on any atom is -0.392 e. The lowest BCUT2D eigenvalue weighted by atomic mass is 9.89. The van der Waals surface area contributed by atoms with Gasteiger partial charge in [-0.3, -0.25) is 4.79 Å². The summed E-state index contributed by atoms with van der Waals surface area (Å²) in [5, 5.41) is 11.9.